The van der Waals surface area contributed by atoms with Crippen molar-refractivity contribution in [2.24, 2.45) is 11.7 Å². The lowest BCUT2D eigenvalue weighted by Crippen LogP contribution is -2.63. The maximum absolute atomic E-state index is 16.5. The van der Waals surface area contributed by atoms with E-state index < -0.39 is 225 Å². The zero-order valence-corrected chi connectivity index (χ0v) is 71.2. The summed E-state index contributed by atoms with van der Waals surface area (Å²) in [7, 11) is -2.41. The number of carbonyl (C=O) groups excluding carboxylic acids is 8. The quantitative estimate of drug-likeness (QED) is 0.0328. The van der Waals surface area contributed by atoms with Crippen LogP contribution in [0.25, 0.3) is 11.1 Å². The molecule has 674 valence electrons. The molecule has 14 rings (SSSR count). The SMILES string of the molecule is CCCCCNc1ccc(S(=O)(=O)NCCCCNCc2c(O)cc3c(c2C)-c2cc(ccc2O)[C@H]2NC(=O)[C@@H]4NC(=O)[C@H](CC(N)=O)NC(=O)[C@H](NC(=O)[C@@H](CC(C)C)NC)[C@H](O)c5ccc(c(C)c5)Oc5cc4cc(c5O[C@@H]4O[C@H](CO)[C@@H](O)[C@H](O)[C@H]4O[C@H]4C[C@]5(C)NC(=O)O[C@@H]5[C@H](C)O4)Oc4ccc(cc4Cl)[C@@H](O)[C@H](NC2=O)C(=O)N[C@@H]3C(=O)O)cc1. The molecule has 8 heterocycles. The van der Waals surface area contributed by atoms with Gasteiger partial charge in [0.15, 0.2) is 36.0 Å². The van der Waals surface area contributed by atoms with Gasteiger partial charge in [0.2, 0.25) is 63.4 Å². The van der Waals surface area contributed by atoms with Crippen molar-refractivity contribution in [3.8, 4) is 51.4 Å². The number of rotatable bonds is 27. The van der Waals surface area contributed by atoms with Gasteiger partial charge in [-0.3, -0.25) is 33.6 Å². The van der Waals surface area contributed by atoms with Crippen LogP contribution in [0, 0.1) is 19.8 Å². The number of unbranched alkanes of at least 4 members (excludes halogenated alkanes) is 3. The Morgan fingerprint density at radius 3 is 2.04 bits per heavy atom. The summed E-state index contributed by atoms with van der Waals surface area (Å²) in [5.74, 6) is -14.1. The number of carboxylic acid groups (broad SMARTS) is 1. The molecule has 3 fully saturated rings. The van der Waals surface area contributed by atoms with Crippen molar-refractivity contribution >= 4 is 80.7 Å². The first-order valence-electron chi connectivity index (χ1n) is 41.0. The van der Waals surface area contributed by atoms with Crippen LogP contribution in [0.5, 0.6) is 40.2 Å². The fourth-order valence-corrected chi connectivity index (χ4v) is 17.4. The van der Waals surface area contributed by atoms with Gasteiger partial charge in [-0.05, 0) is 196 Å². The second-order valence-electron chi connectivity index (χ2n) is 32.4. The summed E-state index contributed by atoms with van der Waals surface area (Å²) in [6.07, 6.45) is -14.8. The molecule has 40 heteroatoms. The van der Waals surface area contributed by atoms with Gasteiger partial charge in [0.05, 0.1) is 40.6 Å². The Balaban J connectivity index is 0.995. The van der Waals surface area contributed by atoms with Crippen molar-refractivity contribution in [1.82, 2.24) is 52.6 Å². The summed E-state index contributed by atoms with van der Waals surface area (Å²) in [6.45, 7) is 11.9. The summed E-state index contributed by atoms with van der Waals surface area (Å²) in [5.41, 5.74) is 4.06. The number of nitrogens with one attached hydrogen (secondary N) is 11. The van der Waals surface area contributed by atoms with Gasteiger partial charge in [-0.15, -0.1) is 0 Å². The molecule has 6 aromatic rings. The molecule has 0 unspecified atom stereocenters. The number of halogens is 1. The summed E-state index contributed by atoms with van der Waals surface area (Å²) in [5, 5.41) is 122. The first-order chi connectivity index (χ1) is 59.4. The van der Waals surface area contributed by atoms with E-state index in [1.807, 2.05) is 13.8 Å². The predicted octanol–water partition coefficient (Wildman–Crippen LogP) is 3.60. The maximum atomic E-state index is 16.5. The van der Waals surface area contributed by atoms with Crippen molar-refractivity contribution in [3.63, 3.8) is 0 Å². The first kappa shape index (κ1) is 93.1. The highest BCUT2D eigenvalue weighted by molar-refractivity contribution is 7.89. The second-order valence-corrected chi connectivity index (χ2v) is 34.6. The van der Waals surface area contributed by atoms with E-state index in [1.165, 1.54) is 63.4 Å². The van der Waals surface area contributed by atoms with Gasteiger partial charge in [-0.25, -0.2) is 22.7 Å². The average Bonchev–Trinajstić information content (AvgIpc) is 1.30. The molecule has 8 aliphatic rings. The largest absolute Gasteiger partial charge is 0.508 e. The van der Waals surface area contributed by atoms with E-state index in [9.17, 15) is 68.4 Å². The highest BCUT2D eigenvalue weighted by Crippen LogP contribution is 2.50. The molecule has 8 aliphatic heterocycles. The van der Waals surface area contributed by atoms with Crippen LogP contribution in [0.3, 0.4) is 0 Å². The number of hydrogen-bond donors (Lipinski definition) is 20. The molecular formula is C85H105ClN12O26S. The fraction of sp³-hybridized carbons (Fsp3) is 0.471. The lowest BCUT2D eigenvalue weighted by Gasteiger charge is -2.46. The number of benzene rings is 6. The number of aliphatic hydroxyl groups excluding tert-OH is 5. The molecule has 0 spiro atoms. The van der Waals surface area contributed by atoms with Gasteiger partial charge >= 0.3 is 12.1 Å². The number of likely N-dealkylation sites (N-methyl/N-ethyl adjacent to an activating group) is 1. The smallest absolute Gasteiger partial charge is 0.408 e. The number of nitrogens with two attached hydrogens (primary N) is 1. The van der Waals surface area contributed by atoms with E-state index in [4.69, 9.17) is 50.5 Å². The zero-order valence-electron chi connectivity index (χ0n) is 69.6. The number of primary amides is 1. The number of amides is 8. The third-order valence-electron chi connectivity index (χ3n) is 22.8. The highest BCUT2D eigenvalue weighted by atomic mass is 35.5. The number of phenols is 2. The standard InChI is InChI=1S/C85H105ClN12O26S/c1-9-10-11-25-90-46-17-19-47(20-18-46)125(116,117)91-26-13-12-24-89-36-50-40(5)63-48-29-42(14-21-54(48)100)64-78(109)97-68(81(112)95-66(82(113)114)49(63)33-55(50)101)70(104)44-16-23-57(51(86)30-44)120-59-32-45-31-58(73(59)123-83-74(72(106)71(105)60(37-99)121-83)122-62-35-85(7)75(41(6)118-62)124-84(115)98-85)119-56-22-15-43(28-39(56)4)69(103)67(96-76(107)52(88-8)27-38(2)3)80(111)92-53(34-61(87)102)77(108)93-65(45)79(110)94-64/h14-23,28-33,38,41,52-53,60,62,64-72,74-75,83,88-91,99-101,103-106H,9-13,24-27,34-37H2,1-8H3,(H2,87,102)(H,92,111)(H,93,108)(H,94,110)(H,95,112)(H,96,107)(H,97,109)(H,98,115)(H,113,114)/t41-,52+,53-,60+,62-,64+,65+,66-,67+,68-,69+,70+,71+,72-,74+,75+,83-,85-/m0/s1. The number of aliphatic carboxylic acids is 1. The predicted molar refractivity (Wildman–Crippen MR) is 446 cm³/mol. The molecule has 38 nitrogen and oxygen atoms in total. The molecule has 3 saturated heterocycles. The monoisotopic (exact) mass is 1780 g/mol. The van der Waals surface area contributed by atoms with Crippen LogP contribution < -0.4 is 77.8 Å². The molecule has 21 N–H and O–H groups in total. The normalized spacial score (nSPS) is 26.5. The summed E-state index contributed by atoms with van der Waals surface area (Å²) < 4.78 is 74.1. The van der Waals surface area contributed by atoms with Crippen LogP contribution in [-0.4, -0.2) is 215 Å². The third-order valence-corrected chi connectivity index (χ3v) is 24.6. The number of hydrogen-bond acceptors (Lipinski definition) is 28. The van der Waals surface area contributed by atoms with Crippen molar-refractivity contribution < 1.29 is 126 Å². The number of aliphatic hydroxyl groups is 5. The molecule has 8 amide bonds. The Hall–Kier alpha value is -11.1. The van der Waals surface area contributed by atoms with E-state index in [0.29, 0.717) is 12.8 Å². The Morgan fingerprint density at radius 1 is 0.720 bits per heavy atom. The summed E-state index contributed by atoms with van der Waals surface area (Å²) in [4.78, 5) is 133. The number of anilines is 1. The summed E-state index contributed by atoms with van der Waals surface area (Å²) >= 11 is 7.20. The Kier molecular flexibility index (Phi) is 29.5. The van der Waals surface area contributed by atoms with E-state index >= 15 is 24.0 Å². The Morgan fingerprint density at radius 2 is 1.38 bits per heavy atom. The second kappa shape index (κ2) is 39.6. The molecule has 0 radical (unpaired) electrons. The lowest BCUT2D eigenvalue weighted by atomic mass is 9.85. The van der Waals surface area contributed by atoms with Crippen LogP contribution in [-0.2, 0) is 73.9 Å². The van der Waals surface area contributed by atoms with Gasteiger partial charge in [-0.1, -0.05) is 63.4 Å². The van der Waals surface area contributed by atoms with Crippen LogP contribution >= 0.6 is 11.6 Å². The number of alkyl carbamates (subject to hydrolysis) is 1. The minimum Gasteiger partial charge on any atom is -0.508 e. The Bertz CT molecular complexity index is 5190. The minimum atomic E-state index is -3.90. The third kappa shape index (κ3) is 21.1. The molecule has 11 bridgehead atoms. The van der Waals surface area contributed by atoms with E-state index in [-0.39, 0.29) is 105 Å². The highest BCUT2D eigenvalue weighted by Gasteiger charge is 2.56. The van der Waals surface area contributed by atoms with Crippen LogP contribution in [0.1, 0.15) is 161 Å². The number of aryl methyl sites for hydroxylation is 1. The van der Waals surface area contributed by atoms with Gasteiger partial charge < -0.3 is 133 Å². The van der Waals surface area contributed by atoms with Crippen molar-refractivity contribution in [2.75, 3.05) is 38.6 Å². The number of fused-ring (bicyclic) bond motifs is 16. The summed E-state index contributed by atoms with van der Waals surface area (Å²) in [6, 6.07) is 6.38. The number of ether oxygens (including phenoxy) is 7. The molecule has 6 aromatic carbocycles. The van der Waals surface area contributed by atoms with Crippen LogP contribution in [0.2, 0.25) is 5.02 Å². The molecule has 125 heavy (non-hydrogen) atoms. The number of aromatic hydroxyl groups is 2. The molecular weight excluding hydrogens is 1670 g/mol. The lowest BCUT2D eigenvalue weighted by molar-refractivity contribution is -0.332. The number of sulfonamides is 1. The van der Waals surface area contributed by atoms with E-state index in [0.717, 1.165) is 74.0 Å². The van der Waals surface area contributed by atoms with Crippen molar-refractivity contribution in [1.29, 1.82) is 0 Å². The van der Waals surface area contributed by atoms with Gasteiger partial charge in [0.1, 0.15) is 83.7 Å². The van der Waals surface area contributed by atoms with Gasteiger partial charge in [-0.2, -0.15) is 0 Å². The number of phenolic OH excluding ortho intramolecular Hbond substituents is 2. The van der Waals surface area contributed by atoms with E-state index in [1.54, 1.807) is 26.0 Å². The zero-order chi connectivity index (χ0) is 90.4. The first-order valence-corrected chi connectivity index (χ1v) is 42.9. The van der Waals surface area contributed by atoms with Crippen LogP contribution in [0.4, 0.5) is 10.5 Å². The minimum absolute atomic E-state index is 0.0363. The fourth-order valence-electron chi connectivity index (χ4n) is 16.1. The van der Waals surface area contributed by atoms with Gasteiger partial charge in [0.25, 0.3) is 0 Å². The van der Waals surface area contributed by atoms with Crippen molar-refractivity contribution in [3.05, 3.63) is 147 Å². The van der Waals surface area contributed by atoms with Crippen molar-refractivity contribution in [2.45, 2.75) is 221 Å². The maximum Gasteiger partial charge on any atom is 0.408 e. The van der Waals surface area contributed by atoms with E-state index in [2.05, 4.69) is 64.8 Å². The molecule has 0 saturated carbocycles. The number of carbonyl (C=O) groups is 9. The van der Waals surface area contributed by atoms with Crippen LogP contribution in [0.15, 0.2) is 102 Å². The number of carboxylic acids is 1. The molecule has 18 atom stereocenters. The molecule has 0 aromatic heterocycles. The topological polar surface area (TPSA) is 573 Å². The molecule has 0 aliphatic carbocycles. The van der Waals surface area contributed by atoms with Gasteiger partial charge in [0, 0.05) is 42.9 Å². The average molecular weight is 1780 g/mol. The Labute approximate surface area is 724 Å².